The van der Waals surface area contributed by atoms with Crippen LogP contribution >= 0.6 is 15.9 Å². The maximum Gasteiger partial charge on any atom is 0.240 e. The maximum atomic E-state index is 5.64. The van der Waals surface area contributed by atoms with E-state index in [2.05, 4.69) is 31.3 Å². The Morgan fingerprint density at radius 2 is 2.00 bits per heavy atom. The Kier molecular flexibility index (Phi) is 3.55. The minimum atomic E-state index is 0.322. The van der Waals surface area contributed by atoms with E-state index in [-0.39, 0.29) is 0 Å². The number of nitrogen functional groups attached to an aromatic ring is 1. The van der Waals surface area contributed by atoms with Crippen LogP contribution in [0.3, 0.4) is 0 Å². The number of rotatable bonds is 3. The van der Waals surface area contributed by atoms with E-state index in [0.29, 0.717) is 17.6 Å². The fourth-order valence-electron chi connectivity index (χ4n) is 1.21. The highest BCUT2D eigenvalue weighted by atomic mass is 79.9. The van der Waals surface area contributed by atoms with Crippen LogP contribution < -0.4 is 16.0 Å². The number of nitrogens with one attached hydrogen (secondary N) is 1. The molecule has 0 aliphatic rings. The molecule has 0 unspecified atom stereocenters. The van der Waals surface area contributed by atoms with Crippen molar-refractivity contribution in [1.82, 2.24) is 9.97 Å². The lowest BCUT2D eigenvalue weighted by molar-refractivity contribution is 0.458. The normalized spacial score (nSPS) is 10.1. The number of hydrogen-bond acceptors (Lipinski definition) is 5. The average Bonchev–Trinajstić information content (AvgIpc) is 2.35. The van der Waals surface area contributed by atoms with Crippen LogP contribution in [0.5, 0.6) is 11.6 Å². The second-order valence-corrected chi connectivity index (χ2v) is 4.30. The van der Waals surface area contributed by atoms with Gasteiger partial charge in [-0.15, -0.1) is 0 Å². The van der Waals surface area contributed by atoms with Crippen molar-refractivity contribution in [2.75, 3.05) is 5.43 Å². The van der Waals surface area contributed by atoms with Crippen molar-refractivity contribution in [3.8, 4) is 11.6 Å². The fourth-order valence-corrected chi connectivity index (χ4v) is 1.48. The molecule has 1 aromatic heterocycles. The number of hydrazine groups is 1. The Morgan fingerprint density at radius 3 is 2.65 bits per heavy atom. The van der Waals surface area contributed by atoms with Gasteiger partial charge in [0, 0.05) is 16.2 Å². The van der Waals surface area contributed by atoms with E-state index >= 15 is 0 Å². The summed E-state index contributed by atoms with van der Waals surface area (Å²) < 4.78 is 6.63. The van der Waals surface area contributed by atoms with Gasteiger partial charge in [-0.2, -0.15) is 4.98 Å². The Hall–Kier alpha value is -1.66. The standard InChI is InChI=1S/C11H11BrN4O/c1-7-6-14-11(16-13)15-10(7)17-9-4-2-8(12)3-5-9/h2-6H,13H2,1H3,(H,14,15,16). The summed E-state index contributed by atoms with van der Waals surface area (Å²) in [5.74, 6) is 6.76. The van der Waals surface area contributed by atoms with Crippen LogP contribution in [0.2, 0.25) is 0 Å². The molecule has 17 heavy (non-hydrogen) atoms. The van der Waals surface area contributed by atoms with Gasteiger partial charge in [0.25, 0.3) is 0 Å². The highest BCUT2D eigenvalue weighted by Gasteiger charge is 2.05. The first-order chi connectivity index (χ1) is 8.19. The molecule has 88 valence electrons. The van der Waals surface area contributed by atoms with Gasteiger partial charge in [-0.05, 0) is 31.2 Å². The fraction of sp³-hybridized carbons (Fsp3) is 0.0909. The van der Waals surface area contributed by atoms with Crippen LogP contribution in [0.25, 0.3) is 0 Å². The van der Waals surface area contributed by atoms with Crippen LogP contribution in [0, 0.1) is 6.92 Å². The Balaban J connectivity index is 2.25. The molecule has 2 aromatic rings. The molecule has 0 saturated heterocycles. The minimum Gasteiger partial charge on any atom is -0.439 e. The van der Waals surface area contributed by atoms with Gasteiger partial charge in [-0.1, -0.05) is 15.9 Å². The van der Waals surface area contributed by atoms with Crippen LogP contribution in [0.15, 0.2) is 34.9 Å². The summed E-state index contributed by atoms with van der Waals surface area (Å²) >= 11 is 3.36. The van der Waals surface area contributed by atoms with Gasteiger partial charge in [0.2, 0.25) is 11.8 Å². The molecule has 0 saturated carbocycles. The van der Waals surface area contributed by atoms with E-state index in [1.54, 1.807) is 6.20 Å². The van der Waals surface area contributed by atoms with Gasteiger partial charge in [-0.25, -0.2) is 10.8 Å². The van der Waals surface area contributed by atoms with Crippen molar-refractivity contribution < 1.29 is 4.74 Å². The number of anilines is 1. The summed E-state index contributed by atoms with van der Waals surface area (Å²) in [6.07, 6.45) is 1.65. The topological polar surface area (TPSA) is 73.1 Å². The van der Waals surface area contributed by atoms with Gasteiger partial charge in [0.1, 0.15) is 5.75 Å². The predicted octanol–water partition coefficient (Wildman–Crippen LogP) is 2.63. The zero-order chi connectivity index (χ0) is 12.3. The number of hydrogen-bond donors (Lipinski definition) is 2. The number of ether oxygens (including phenoxy) is 1. The highest BCUT2D eigenvalue weighted by molar-refractivity contribution is 9.10. The molecular weight excluding hydrogens is 284 g/mol. The third-order valence-corrected chi connectivity index (χ3v) is 2.61. The molecule has 1 heterocycles. The van der Waals surface area contributed by atoms with E-state index in [1.165, 1.54) is 0 Å². The van der Waals surface area contributed by atoms with Crippen LogP contribution in [0.4, 0.5) is 5.95 Å². The summed E-state index contributed by atoms with van der Waals surface area (Å²) in [6.45, 7) is 1.87. The molecule has 0 fully saturated rings. The summed E-state index contributed by atoms with van der Waals surface area (Å²) in [6, 6.07) is 7.49. The van der Waals surface area contributed by atoms with E-state index in [1.807, 2.05) is 31.2 Å². The lowest BCUT2D eigenvalue weighted by Gasteiger charge is -2.08. The molecule has 1 aromatic carbocycles. The summed E-state index contributed by atoms with van der Waals surface area (Å²) in [5, 5.41) is 0. The Labute approximate surface area is 107 Å². The molecule has 0 aliphatic carbocycles. The van der Waals surface area contributed by atoms with Crippen molar-refractivity contribution in [2.45, 2.75) is 6.92 Å². The first kappa shape index (κ1) is 11.8. The second kappa shape index (κ2) is 5.11. The predicted molar refractivity (Wildman–Crippen MR) is 68.8 cm³/mol. The monoisotopic (exact) mass is 294 g/mol. The number of aromatic nitrogens is 2. The lowest BCUT2D eigenvalue weighted by Crippen LogP contribution is -2.11. The summed E-state index contributed by atoms with van der Waals surface area (Å²) in [5.41, 5.74) is 3.22. The second-order valence-electron chi connectivity index (χ2n) is 3.38. The quantitative estimate of drug-likeness (QED) is 0.672. The maximum absolute atomic E-state index is 5.64. The van der Waals surface area contributed by atoms with Crippen LogP contribution in [0.1, 0.15) is 5.56 Å². The smallest absolute Gasteiger partial charge is 0.240 e. The Bertz CT molecular complexity index is 515. The molecule has 0 radical (unpaired) electrons. The third kappa shape index (κ3) is 2.92. The summed E-state index contributed by atoms with van der Waals surface area (Å²) in [4.78, 5) is 8.11. The zero-order valence-corrected chi connectivity index (χ0v) is 10.7. The SMILES string of the molecule is Cc1cnc(NN)nc1Oc1ccc(Br)cc1. The molecule has 3 N–H and O–H groups in total. The van der Waals surface area contributed by atoms with Gasteiger partial charge in [0.15, 0.2) is 0 Å². The van der Waals surface area contributed by atoms with Crippen molar-refractivity contribution in [3.05, 3.63) is 40.5 Å². The molecule has 0 aliphatic heterocycles. The van der Waals surface area contributed by atoms with Crippen molar-refractivity contribution in [2.24, 2.45) is 5.84 Å². The van der Waals surface area contributed by atoms with E-state index in [4.69, 9.17) is 10.6 Å². The molecule has 0 atom stereocenters. The number of halogens is 1. The molecular formula is C11H11BrN4O. The van der Waals surface area contributed by atoms with Crippen molar-refractivity contribution in [3.63, 3.8) is 0 Å². The van der Waals surface area contributed by atoms with Gasteiger partial charge in [-0.3, -0.25) is 5.43 Å². The molecule has 6 heteroatoms. The van der Waals surface area contributed by atoms with E-state index < -0.39 is 0 Å². The molecule has 0 spiro atoms. The lowest BCUT2D eigenvalue weighted by atomic mass is 10.3. The first-order valence-corrected chi connectivity index (χ1v) is 5.72. The highest BCUT2D eigenvalue weighted by Crippen LogP contribution is 2.24. The number of nitrogens with zero attached hydrogens (tertiary/aromatic N) is 2. The van der Waals surface area contributed by atoms with Gasteiger partial charge in [0.05, 0.1) is 0 Å². The van der Waals surface area contributed by atoms with E-state index in [9.17, 15) is 0 Å². The number of nitrogens with two attached hydrogens (primary N) is 1. The molecule has 5 nitrogen and oxygen atoms in total. The van der Waals surface area contributed by atoms with Gasteiger partial charge >= 0.3 is 0 Å². The summed E-state index contributed by atoms with van der Waals surface area (Å²) in [7, 11) is 0. The molecule has 2 rings (SSSR count). The first-order valence-electron chi connectivity index (χ1n) is 4.92. The largest absolute Gasteiger partial charge is 0.439 e. The molecule has 0 bridgehead atoms. The van der Waals surface area contributed by atoms with E-state index in [0.717, 1.165) is 10.0 Å². The number of aryl methyl sites for hydroxylation is 1. The van der Waals surface area contributed by atoms with Crippen molar-refractivity contribution >= 4 is 21.9 Å². The zero-order valence-electron chi connectivity index (χ0n) is 9.14. The average molecular weight is 295 g/mol. The third-order valence-electron chi connectivity index (χ3n) is 2.08. The van der Waals surface area contributed by atoms with Gasteiger partial charge < -0.3 is 4.74 Å². The number of benzene rings is 1. The van der Waals surface area contributed by atoms with Crippen molar-refractivity contribution in [1.29, 1.82) is 0 Å². The molecule has 0 amide bonds. The minimum absolute atomic E-state index is 0.322. The Morgan fingerprint density at radius 1 is 1.29 bits per heavy atom. The van der Waals surface area contributed by atoms with Crippen LogP contribution in [-0.2, 0) is 0 Å². The van der Waals surface area contributed by atoms with Crippen LogP contribution in [-0.4, -0.2) is 9.97 Å².